The molecule has 0 radical (unpaired) electrons. The quantitative estimate of drug-likeness (QED) is 0.191. The number of benzene rings is 3. The van der Waals surface area contributed by atoms with Crippen molar-refractivity contribution in [2.45, 2.75) is 13.3 Å². The topological polar surface area (TPSA) is 136 Å². The zero-order valence-corrected chi connectivity index (χ0v) is 24.0. The van der Waals surface area contributed by atoms with E-state index in [0.717, 1.165) is 16.3 Å². The summed E-state index contributed by atoms with van der Waals surface area (Å²) in [6.07, 6.45) is 6.07. The predicted molar refractivity (Wildman–Crippen MR) is 166 cm³/mol. The van der Waals surface area contributed by atoms with Crippen LogP contribution in [0.3, 0.4) is 0 Å². The molecule has 45 heavy (non-hydrogen) atoms. The van der Waals surface area contributed by atoms with Gasteiger partial charge < -0.3 is 19.4 Å². The summed E-state index contributed by atoms with van der Waals surface area (Å²) < 4.78 is 26.2. The Hall–Kier alpha value is -5.97. The van der Waals surface area contributed by atoms with Gasteiger partial charge in [-0.05, 0) is 41.5 Å². The molecule has 10 nitrogen and oxygen atoms in total. The van der Waals surface area contributed by atoms with Crippen LogP contribution in [0, 0.1) is 5.82 Å². The lowest BCUT2D eigenvalue weighted by atomic mass is 10.0. The molecule has 4 aromatic heterocycles. The van der Waals surface area contributed by atoms with Gasteiger partial charge in [-0.1, -0.05) is 42.5 Å². The summed E-state index contributed by atoms with van der Waals surface area (Å²) in [7, 11) is 0. The van der Waals surface area contributed by atoms with E-state index in [4.69, 9.17) is 9.47 Å². The molecule has 11 heteroatoms. The summed E-state index contributed by atoms with van der Waals surface area (Å²) in [5, 5.41) is 3.09. The lowest BCUT2D eigenvalue weighted by Crippen LogP contribution is -2.08. The van der Waals surface area contributed by atoms with E-state index in [-0.39, 0.29) is 36.5 Å². The van der Waals surface area contributed by atoms with E-state index in [2.05, 4.69) is 29.9 Å². The Kier molecular flexibility index (Phi) is 7.18. The van der Waals surface area contributed by atoms with Gasteiger partial charge >= 0.3 is 11.9 Å². The number of H-pyrrole nitrogens is 2. The van der Waals surface area contributed by atoms with Gasteiger partial charge in [-0.2, -0.15) is 0 Å². The fourth-order valence-electron chi connectivity index (χ4n) is 5.46. The minimum atomic E-state index is -0.551. The molecule has 0 unspecified atom stereocenters. The van der Waals surface area contributed by atoms with Crippen LogP contribution < -0.4 is 0 Å². The monoisotopic (exact) mass is 600 g/mol. The second-order valence-corrected chi connectivity index (χ2v) is 10.3. The molecule has 0 atom stereocenters. The summed E-state index contributed by atoms with van der Waals surface area (Å²) >= 11 is 0. The van der Waals surface area contributed by atoms with Crippen LogP contribution in [0.1, 0.15) is 33.2 Å². The lowest BCUT2D eigenvalue weighted by molar-refractivity contribution is 0.0507. The lowest BCUT2D eigenvalue weighted by Gasteiger charge is -2.09. The largest absolute Gasteiger partial charge is 0.462 e. The molecule has 0 aliphatic rings. The van der Waals surface area contributed by atoms with Gasteiger partial charge in [0.1, 0.15) is 29.8 Å². The Balaban J connectivity index is 1.10. The average molecular weight is 601 g/mol. The molecular formula is C34H25FN6O4. The molecule has 222 valence electrons. The van der Waals surface area contributed by atoms with Gasteiger partial charge in [-0.3, -0.25) is 0 Å². The van der Waals surface area contributed by atoms with E-state index in [1.54, 1.807) is 25.3 Å². The van der Waals surface area contributed by atoms with Crippen molar-refractivity contribution >= 4 is 44.8 Å². The highest BCUT2D eigenvalue weighted by atomic mass is 19.1. The van der Waals surface area contributed by atoms with Crippen molar-refractivity contribution in [3.05, 3.63) is 108 Å². The van der Waals surface area contributed by atoms with Crippen molar-refractivity contribution in [2.24, 2.45) is 0 Å². The number of rotatable bonds is 8. The number of nitrogens with zero attached hydrogens (tertiary/aromatic N) is 4. The maximum Gasteiger partial charge on any atom is 0.340 e. The summed E-state index contributed by atoms with van der Waals surface area (Å²) in [4.78, 5) is 48.8. The maximum atomic E-state index is 15.4. The molecule has 0 amide bonds. The molecule has 4 heterocycles. The van der Waals surface area contributed by atoms with Crippen molar-refractivity contribution in [2.75, 3.05) is 13.2 Å². The standard InChI is InChI=1S/C34H25FN6O4/c1-2-44-33(42)25-16-37-32-28(25)30(39-18-41-32)23-10-7-19(13-26(23)35)11-12-45-34(43)24-15-36-31-27(24)29(38-17-40-31)22-9-8-20-5-3-4-6-21(20)14-22/h3-10,13-18H,2,11-12H2,1H3,(H,36,38,40)(H,37,39,41). The van der Waals surface area contributed by atoms with Crippen molar-refractivity contribution < 1.29 is 23.5 Å². The Morgan fingerprint density at radius 1 is 0.756 bits per heavy atom. The minimum Gasteiger partial charge on any atom is -0.462 e. The van der Waals surface area contributed by atoms with Crippen LogP contribution >= 0.6 is 0 Å². The average Bonchev–Trinajstić information content (AvgIpc) is 3.70. The molecule has 0 saturated heterocycles. The number of ether oxygens (including phenoxy) is 2. The highest BCUT2D eigenvalue weighted by molar-refractivity contribution is 6.09. The third-order valence-electron chi connectivity index (χ3n) is 7.59. The first kappa shape index (κ1) is 27.8. The number of fused-ring (bicyclic) bond motifs is 3. The maximum absolute atomic E-state index is 15.4. The van der Waals surface area contributed by atoms with E-state index in [0.29, 0.717) is 38.9 Å². The molecule has 7 rings (SSSR count). The van der Waals surface area contributed by atoms with Gasteiger partial charge in [-0.15, -0.1) is 0 Å². The predicted octanol–water partition coefficient (Wildman–Crippen LogP) is 6.43. The molecule has 7 aromatic rings. The molecule has 0 spiro atoms. The number of aromatic nitrogens is 6. The van der Waals surface area contributed by atoms with E-state index >= 15 is 4.39 Å². The molecule has 0 aliphatic heterocycles. The van der Waals surface area contributed by atoms with Crippen molar-refractivity contribution in [3.63, 3.8) is 0 Å². The van der Waals surface area contributed by atoms with Crippen LogP contribution in [-0.2, 0) is 15.9 Å². The SMILES string of the molecule is CCOC(=O)c1c[nH]c2ncnc(-c3ccc(CCOC(=O)c4c[nH]c5ncnc(-c6ccc7ccccc7c6)c45)cc3F)c12. The van der Waals surface area contributed by atoms with Crippen LogP contribution in [0.4, 0.5) is 4.39 Å². The van der Waals surface area contributed by atoms with Gasteiger partial charge in [-0.25, -0.2) is 33.9 Å². The second kappa shape index (κ2) is 11.6. The zero-order valence-electron chi connectivity index (χ0n) is 24.0. The van der Waals surface area contributed by atoms with Crippen molar-refractivity contribution in [1.29, 1.82) is 0 Å². The number of aromatic amines is 2. The van der Waals surface area contributed by atoms with E-state index in [1.165, 1.54) is 24.9 Å². The number of esters is 2. The summed E-state index contributed by atoms with van der Waals surface area (Å²) in [5.41, 5.74) is 4.00. The Morgan fingerprint density at radius 3 is 2.13 bits per heavy atom. The Morgan fingerprint density at radius 2 is 1.42 bits per heavy atom. The zero-order chi connectivity index (χ0) is 30.9. The van der Waals surface area contributed by atoms with Crippen LogP contribution in [0.5, 0.6) is 0 Å². The smallest absolute Gasteiger partial charge is 0.340 e. The van der Waals surface area contributed by atoms with Crippen molar-refractivity contribution in [1.82, 2.24) is 29.9 Å². The molecule has 3 aromatic carbocycles. The van der Waals surface area contributed by atoms with Gasteiger partial charge in [0.25, 0.3) is 0 Å². The van der Waals surface area contributed by atoms with Crippen molar-refractivity contribution in [3.8, 4) is 22.5 Å². The minimum absolute atomic E-state index is 0.0197. The first-order valence-corrected chi connectivity index (χ1v) is 14.3. The molecule has 2 N–H and O–H groups in total. The van der Waals surface area contributed by atoms with Gasteiger partial charge in [0.15, 0.2) is 0 Å². The molecule has 0 fully saturated rings. The van der Waals surface area contributed by atoms with E-state index in [1.807, 2.05) is 42.5 Å². The Labute approximate surface area is 255 Å². The van der Waals surface area contributed by atoms with Crippen LogP contribution in [0.25, 0.3) is 55.4 Å². The normalized spacial score (nSPS) is 11.3. The molecule has 0 saturated carbocycles. The molecular weight excluding hydrogens is 575 g/mol. The third-order valence-corrected chi connectivity index (χ3v) is 7.59. The van der Waals surface area contributed by atoms with Gasteiger partial charge in [0.05, 0.1) is 46.5 Å². The molecule has 0 aliphatic carbocycles. The van der Waals surface area contributed by atoms with Crippen LogP contribution in [0.2, 0.25) is 0 Å². The number of nitrogens with one attached hydrogen (secondary N) is 2. The van der Waals surface area contributed by atoms with Gasteiger partial charge in [0, 0.05) is 29.9 Å². The van der Waals surface area contributed by atoms with E-state index in [9.17, 15) is 9.59 Å². The highest BCUT2D eigenvalue weighted by Crippen LogP contribution is 2.32. The molecule has 0 bridgehead atoms. The fourth-order valence-corrected chi connectivity index (χ4v) is 5.46. The number of hydrogen-bond acceptors (Lipinski definition) is 8. The van der Waals surface area contributed by atoms with Gasteiger partial charge in [0.2, 0.25) is 0 Å². The first-order chi connectivity index (χ1) is 22.0. The second-order valence-electron chi connectivity index (χ2n) is 10.3. The number of carbonyl (C=O) groups excluding carboxylic acids is 2. The third kappa shape index (κ3) is 5.14. The number of halogens is 1. The highest BCUT2D eigenvalue weighted by Gasteiger charge is 2.22. The fraction of sp³-hybridized carbons (Fsp3) is 0.118. The number of hydrogen-bond donors (Lipinski definition) is 2. The summed E-state index contributed by atoms with van der Waals surface area (Å²) in [6, 6.07) is 18.7. The Bertz CT molecular complexity index is 2240. The summed E-state index contributed by atoms with van der Waals surface area (Å²) in [6.45, 7) is 1.92. The summed E-state index contributed by atoms with van der Waals surface area (Å²) in [5.74, 6) is -1.63. The van der Waals surface area contributed by atoms with Crippen LogP contribution in [0.15, 0.2) is 85.7 Å². The number of carbonyl (C=O) groups is 2. The van der Waals surface area contributed by atoms with Crippen LogP contribution in [-0.4, -0.2) is 55.1 Å². The first-order valence-electron chi connectivity index (χ1n) is 14.3. The van der Waals surface area contributed by atoms with E-state index < -0.39 is 17.8 Å².